The zero-order valence-electron chi connectivity index (χ0n) is 18.7. The van der Waals surface area contributed by atoms with Crippen molar-refractivity contribution in [3.8, 4) is 11.5 Å². The van der Waals surface area contributed by atoms with Crippen LogP contribution in [0.25, 0.3) is 0 Å². The van der Waals surface area contributed by atoms with E-state index in [2.05, 4.69) is 10.3 Å². The molecule has 1 fully saturated rings. The highest BCUT2D eigenvalue weighted by molar-refractivity contribution is 6.22. The van der Waals surface area contributed by atoms with Gasteiger partial charge in [0.1, 0.15) is 5.75 Å². The smallest absolute Gasteiger partial charge is 0.261 e. The third-order valence-electron chi connectivity index (χ3n) is 5.95. The molecule has 178 valence electrons. The third kappa shape index (κ3) is 4.76. The Bertz CT molecular complexity index is 1290. The van der Waals surface area contributed by atoms with Crippen LogP contribution >= 0.6 is 0 Å². The molecule has 0 saturated carbocycles. The predicted octanol–water partition coefficient (Wildman–Crippen LogP) is 3.72. The predicted molar refractivity (Wildman–Crippen MR) is 123 cm³/mol. The number of ether oxygens (including phenoxy) is 2. The minimum absolute atomic E-state index is 0.0439. The molecule has 1 N–H and O–H groups in total. The summed E-state index contributed by atoms with van der Waals surface area (Å²) in [6.07, 6.45) is 4.62. The van der Waals surface area contributed by atoms with E-state index in [1.54, 1.807) is 24.4 Å². The van der Waals surface area contributed by atoms with Crippen molar-refractivity contribution in [2.45, 2.75) is 25.5 Å². The number of benzene rings is 2. The maximum atomic E-state index is 14.5. The first kappa shape index (κ1) is 22.7. The van der Waals surface area contributed by atoms with E-state index >= 15 is 0 Å². The summed E-state index contributed by atoms with van der Waals surface area (Å²) < 4.78 is 25.5. The highest BCUT2D eigenvalue weighted by Crippen LogP contribution is 2.27. The Morgan fingerprint density at radius 3 is 2.74 bits per heavy atom. The molecule has 9 heteroatoms. The van der Waals surface area contributed by atoms with Gasteiger partial charge in [-0.15, -0.1) is 0 Å². The van der Waals surface area contributed by atoms with Crippen molar-refractivity contribution in [3.63, 3.8) is 0 Å². The van der Waals surface area contributed by atoms with Crippen molar-refractivity contribution < 1.29 is 28.2 Å². The Kier molecular flexibility index (Phi) is 6.24. The van der Waals surface area contributed by atoms with E-state index in [1.165, 1.54) is 41.4 Å². The van der Waals surface area contributed by atoms with Gasteiger partial charge in [0, 0.05) is 24.9 Å². The molecule has 1 aromatic heterocycles. The summed E-state index contributed by atoms with van der Waals surface area (Å²) in [4.78, 5) is 43.3. The van der Waals surface area contributed by atoms with E-state index < -0.39 is 17.6 Å². The summed E-state index contributed by atoms with van der Waals surface area (Å²) in [6, 6.07) is 12.2. The van der Waals surface area contributed by atoms with Gasteiger partial charge in [-0.2, -0.15) is 0 Å². The van der Waals surface area contributed by atoms with Gasteiger partial charge in [-0.25, -0.2) is 4.39 Å². The third-order valence-corrected chi connectivity index (χ3v) is 5.95. The largest absolute Gasteiger partial charge is 0.453 e. The number of fused-ring (bicyclic) bond motifs is 1. The van der Waals surface area contributed by atoms with Crippen LogP contribution in [0.5, 0.6) is 11.5 Å². The topological polar surface area (TPSA) is 97.8 Å². The van der Waals surface area contributed by atoms with Crippen LogP contribution in [-0.4, -0.2) is 46.9 Å². The van der Waals surface area contributed by atoms with Crippen molar-refractivity contribution in [2.24, 2.45) is 0 Å². The zero-order chi connectivity index (χ0) is 24.4. The number of rotatable bonds is 7. The summed E-state index contributed by atoms with van der Waals surface area (Å²) in [7, 11) is 0. The minimum atomic E-state index is -0.575. The van der Waals surface area contributed by atoms with E-state index in [-0.39, 0.29) is 47.5 Å². The van der Waals surface area contributed by atoms with Crippen molar-refractivity contribution in [1.29, 1.82) is 0 Å². The van der Waals surface area contributed by atoms with Gasteiger partial charge in [0.25, 0.3) is 17.7 Å². The van der Waals surface area contributed by atoms with Gasteiger partial charge in [-0.05, 0) is 60.9 Å². The molecule has 0 aliphatic carbocycles. The standard InChI is InChI=1S/C26H22FN3O5/c27-22-11-16(5-8-23(22)35-18-3-1-9-28-14-18)13-29-24(31)17-6-7-20-21(12-17)26(33)30(25(20)32)15-19-4-2-10-34-19/h1,3,5-9,11-12,14,19H,2,4,10,13,15H2,(H,29,31). The van der Waals surface area contributed by atoms with E-state index in [1.807, 2.05) is 0 Å². The molecule has 5 rings (SSSR count). The van der Waals surface area contributed by atoms with Crippen LogP contribution in [0.4, 0.5) is 4.39 Å². The molecule has 1 atom stereocenters. The fraction of sp³-hybridized carbons (Fsp3) is 0.231. The van der Waals surface area contributed by atoms with Crippen LogP contribution in [0.3, 0.4) is 0 Å². The summed E-state index contributed by atoms with van der Waals surface area (Å²) in [5.41, 5.74) is 1.24. The van der Waals surface area contributed by atoms with Crippen molar-refractivity contribution in [3.05, 3.63) is 89.0 Å². The molecule has 8 nitrogen and oxygen atoms in total. The number of nitrogens with zero attached hydrogens (tertiary/aromatic N) is 2. The Morgan fingerprint density at radius 1 is 1.14 bits per heavy atom. The molecule has 2 aliphatic heterocycles. The second kappa shape index (κ2) is 9.63. The van der Waals surface area contributed by atoms with Gasteiger partial charge >= 0.3 is 0 Å². The first-order chi connectivity index (χ1) is 17.0. The summed E-state index contributed by atoms with van der Waals surface area (Å²) in [5, 5.41) is 2.71. The first-order valence-electron chi connectivity index (χ1n) is 11.3. The lowest BCUT2D eigenvalue weighted by molar-refractivity contribution is 0.0475. The van der Waals surface area contributed by atoms with Gasteiger partial charge in [-0.1, -0.05) is 6.07 Å². The van der Waals surface area contributed by atoms with Gasteiger partial charge in [0.2, 0.25) is 0 Å². The Hall–Kier alpha value is -4.11. The van der Waals surface area contributed by atoms with E-state index in [4.69, 9.17) is 9.47 Å². The fourth-order valence-corrected chi connectivity index (χ4v) is 4.15. The van der Waals surface area contributed by atoms with Crippen LogP contribution in [0.2, 0.25) is 0 Å². The van der Waals surface area contributed by atoms with Crippen LogP contribution < -0.4 is 10.1 Å². The molecule has 2 aromatic carbocycles. The second-order valence-corrected chi connectivity index (χ2v) is 8.35. The second-order valence-electron chi connectivity index (χ2n) is 8.35. The van der Waals surface area contributed by atoms with Crippen molar-refractivity contribution >= 4 is 17.7 Å². The molecule has 1 unspecified atom stereocenters. The number of hydrogen-bond acceptors (Lipinski definition) is 6. The molecule has 0 bridgehead atoms. The number of aromatic nitrogens is 1. The monoisotopic (exact) mass is 475 g/mol. The first-order valence-corrected chi connectivity index (χ1v) is 11.3. The normalized spacial score (nSPS) is 16.9. The lowest BCUT2D eigenvalue weighted by Crippen LogP contribution is -2.36. The molecule has 0 spiro atoms. The van der Waals surface area contributed by atoms with Gasteiger partial charge in [-0.3, -0.25) is 24.3 Å². The number of pyridine rings is 1. The maximum absolute atomic E-state index is 14.5. The van der Waals surface area contributed by atoms with E-state index in [0.717, 1.165) is 12.8 Å². The Balaban J connectivity index is 1.23. The van der Waals surface area contributed by atoms with Crippen LogP contribution in [0.15, 0.2) is 60.9 Å². The molecule has 0 radical (unpaired) electrons. The number of halogens is 1. The molecule has 2 aliphatic rings. The molecule has 35 heavy (non-hydrogen) atoms. The molecular formula is C26H22FN3O5. The number of carbonyl (C=O) groups is 3. The molecule has 3 heterocycles. The lowest BCUT2D eigenvalue weighted by atomic mass is 10.1. The number of nitrogens with one attached hydrogen (secondary N) is 1. The fourth-order valence-electron chi connectivity index (χ4n) is 4.15. The highest BCUT2D eigenvalue weighted by atomic mass is 19.1. The van der Waals surface area contributed by atoms with Crippen LogP contribution in [-0.2, 0) is 11.3 Å². The van der Waals surface area contributed by atoms with Gasteiger partial charge in [0.05, 0.1) is 30.0 Å². The van der Waals surface area contributed by atoms with Crippen LogP contribution in [0, 0.1) is 5.82 Å². The van der Waals surface area contributed by atoms with E-state index in [9.17, 15) is 18.8 Å². The molecule has 3 amide bonds. The number of imide groups is 1. The minimum Gasteiger partial charge on any atom is -0.453 e. The lowest BCUT2D eigenvalue weighted by Gasteiger charge is -2.17. The highest BCUT2D eigenvalue weighted by Gasteiger charge is 2.37. The molecule has 3 aromatic rings. The van der Waals surface area contributed by atoms with Crippen molar-refractivity contribution in [2.75, 3.05) is 13.2 Å². The number of hydrogen-bond donors (Lipinski definition) is 1. The van der Waals surface area contributed by atoms with E-state index in [0.29, 0.717) is 17.9 Å². The molecule has 1 saturated heterocycles. The van der Waals surface area contributed by atoms with Gasteiger partial charge in [0.15, 0.2) is 11.6 Å². The Morgan fingerprint density at radius 2 is 2.00 bits per heavy atom. The van der Waals surface area contributed by atoms with Crippen LogP contribution in [0.1, 0.15) is 49.5 Å². The average Bonchev–Trinajstić information content (AvgIpc) is 3.47. The quantitative estimate of drug-likeness (QED) is 0.523. The maximum Gasteiger partial charge on any atom is 0.261 e. The SMILES string of the molecule is O=C(NCc1ccc(Oc2cccnc2)c(F)c1)c1ccc2c(c1)C(=O)N(CC1CCCO1)C2=O. The van der Waals surface area contributed by atoms with Gasteiger partial charge < -0.3 is 14.8 Å². The zero-order valence-corrected chi connectivity index (χ0v) is 18.7. The average molecular weight is 475 g/mol. The number of amides is 3. The molecular weight excluding hydrogens is 453 g/mol. The van der Waals surface area contributed by atoms with Crippen molar-refractivity contribution in [1.82, 2.24) is 15.2 Å². The Labute approximate surface area is 200 Å². The number of carbonyl (C=O) groups excluding carboxylic acids is 3. The summed E-state index contributed by atoms with van der Waals surface area (Å²) >= 11 is 0. The summed E-state index contributed by atoms with van der Waals surface area (Å²) in [5.74, 6) is -1.37. The summed E-state index contributed by atoms with van der Waals surface area (Å²) in [6.45, 7) is 0.903.